The summed E-state index contributed by atoms with van der Waals surface area (Å²) in [7, 11) is 0. The molecule has 0 spiro atoms. The summed E-state index contributed by atoms with van der Waals surface area (Å²) in [5.74, 6) is 0.427. The third kappa shape index (κ3) is 4.93. The van der Waals surface area contributed by atoms with Gasteiger partial charge >= 0.3 is 0 Å². The van der Waals surface area contributed by atoms with Crippen LogP contribution < -0.4 is 10.6 Å². The van der Waals surface area contributed by atoms with Crippen LogP contribution in [0.4, 0.5) is 5.69 Å². The van der Waals surface area contributed by atoms with Gasteiger partial charge in [0.1, 0.15) is 0 Å². The van der Waals surface area contributed by atoms with Gasteiger partial charge in [-0.3, -0.25) is 4.79 Å². The molecule has 0 saturated heterocycles. The van der Waals surface area contributed by atoms with Crippen LogP contribution in [-0.4, -0.2) is 11.9 Å². The van der Waals surface area contributed by atoms with E-state index in [1.807, 2.05) is 43.3 Å². The van der Waals surface area contributed by atoms with Crippen LogP contribution in [0.1, 0.15) is 44.2 Å². The normalized spacial score (nSPS) is 13.3. The number of amides is 1. The number of hydrogen-bond acceptors (Lipinski definition) is 2. The summed E-state index contributed by atoms with van der Waals surface area (Å²) in [4.78, 5) is 12.4. The summed E-state index contributed by atoms with van der Waals surface area (Å²) in [6.07, 6.45) is 1.05. The Kier molecular flexibility index (Phi) is 6.36. The Balaban J connectivity index is 1.96. The number of nitrogens with one attached hydrogen (secondary N) is 2. The van der Waals surface area contributed by atoms with E-state index in [1.54, 1.807) is 0 Å². The molecule has 2 N–H and O–H groups in total. The first-order valence-corrected chi connectivity index (χ1v) is 8.29. The molecule has 1 amide bonds. The number of rotatable bonds is 7. The molecule has 2 aromatic carbocycles. The minimum absolute atomic E-state index is 0.00307. The SMILES string of the molecule is CC[C@@H](C)c1ccccc1NC(=O)[C@@H](C)NCc1ccccc1. The molecule has 0 heterocycles. The number of benzene rings is 2. The van der Waals surface area contributed by atoms with E-state index in [2.05, 4.69) is 42.7 Å². The van der Waals surface area contributed by atoms with Crippen molar-refractivity contribution in [3.63, 3.8) is 0 Å². The van der Waals surface area contributed by atoms with E-state index < -0.39 is 0 Å². The fourth-order valence-electron chi connectivity index (χ4n) is 2.46. The first kappa shape index (κ1) is 17.2. The molecule has 0 aliphatic rings. The smallest absolute Gasteiger partial charge is 0.241 e. The molecule has 2 rings (SSSR count). The van der Waals surface area contributed by atoms with Gasteiger partial charge in [0.05, 0.1) is 6.04 Å². The zero-order valence-electron chi connectivity index (χ0n) is 14.2. The van der Waals surface area contributed by atoms with Crippen LogP contribution in [-0.2, 0) is 11.3 Å². The Hall–Kier alpha value is -2.13. The van der Waals surface area contributed by atoms with Crippen molar-refractivity contribution in [3.8, 4) is 0 Å². The van der Waals surface area contributed by atoms with Gasteiger partial charge in [-0.15, -0.1) is 0 Å². The van der Waals surface area contributed by atoms with Gasteiger partial charge in [0.25, 0.3) is 0 Å². The molecule has 0 aliphatic heterocycles. The highest BCUT2D eigenvalue weighted by Crippen LogP contribution is 2.26. The molecule has 0 aromatic heterocycles. The van der Waals surface area contributed by atoms with Gasteiger partial charge in [-0.05, 0) is 36.5 Å². The molecule has 3 heteroatoms. The van der Waals surface area contributed by atoms with Crippen molar-refractivity contribution in [1.82, 2.24) is 5.32 Å². The number of hydrogen-bond donors (Lipinski definition) is 2. The van der Waals surface area contributed by atoms with Crippen LogP contribution in [0.3, 0.4) is 0 Å². The van der Waals surface area contributed by atoms with Crippen LogP contribution in [0.25, 0.3) is 0 Å². The van der Waals surface area contributed by atoms with Crippen molar-refractivity contribution in [2.75, 3.05) is 5.32 Å². The molecule has 0 saturated carbocycles. The van der Waals surface area contributed by atoms with E-state index >= 15 is 0 Å². The van der Waals surface area contributed by atoms with Gasteiger partial charge in [0.15, 0.2) is 0 Å². The first-order chi connectivity index (χ1) is 11.1. The molecular formula is C20H26N2O. The Labute approximate surface area is 139 Å². The quantitative estimate of drug-likeness (QED) is 0.800. The minimum Gasteiger partial charge on any atom is -0.324 e. The predicted molar refractivity (Wildman–Crippen MR) is 96.5 cm³/mol. The van der Waals surface area contributed by atoms with Crippen molar-refractivity contribution in [2.24, 2.45) is 0 Å². The fraction of sp³-hybridized carbons (Fsp3) is 0.350. The molecule has 0 aliphatic carbocycles. The number of para-hydroxylation sites is 1. The van der Waals surface area contributed by atoms with Gasteiger partial charge in [-0.25, -0.2) is 0 Å². The van der Waals surface area contributed by atoms with Gasteiger partial charge in [-0.1, -0.05) is 62.4 Å². The molecule has 23 heavy (non-hydrogen) atoms. The molecule has 3 nitrogen and oxygen atoms in total. The molecule has 2 aromatic rings. The highest BCUT2D eigenvalue weighted by molar-refractivity contribution is 5.95. The summed E-state index contributed by atoms with van der Waals surface area (Å²) in [5.41, 5.74) is 3.28. The molecule has 0 radical (unpaired) electrons. The average molecular weight is 310 g/mol. The first-order valence-electron chi connectivity index (χ1n) is 8.29. The maximum absolute atomic E-state index is 12.4. The Bertz CT molecular complexity index is 625. The number of carbonyl (C=O) groups is 1. The molecule has 0 bridgehead atoms. The van der Waals surface area contributed by atoms with Crippen LogP contribution in [0.15, 0.2) is 54.6 Å². The fourth-order valence-corrected chi connectivity index (χ4v) is 2.46. The minimum atomic E-state index is -0.250. The highest BCUT2D eigenvalue weighted by Gasteiger charge is 2.15. The van der Waals surface area contributed by atoms with E-state index in [-0.39, 0.29) is 11.9 Å². The van der Waals surface area contributed by atoms with E-state index in [4.69, 9.17) is 0 Å². The maximum Gasteiger partial charge on any atom is 0.241 e. The Morgan fingerprint density at radius 3 is 2.35 bits per heavy atom. The van der Waals surface area contributed by atoms with Crippen LogP contribution in [0.2, 0.25) is 0 Å². The number of anilines is 1. The van der Waals surface area contributed by atoms with Crippen LogP contribution in [0, 0.1) is 0 Å². The van der Waals surface area contributed by atoms with Gasteiger partial charge in [0.2, 0.25) is 5.91 Å². The topological polar surface area (TPSA) is 41.1 Å². The van der Waals surface area contributed by atoms with Crippen molar-refractivity contribution < 1.29 is 4.79 Å². The van der Waals surface area contributed by atoms with Gasteiger partial charge < -0.3 is 10.6 Å². The molecule has 0 unspecified atom stereocenters. The second kappa shape index (κ2) is 8.49. The average Bonchev–Trinajstić information content (AvgIpc) is 2.60. The monoisotopic (exact) mass is 310 g/mol. The second-order valence-electron chi connectivity index (χ2n) is 5.97. The lowest BCUT2D eigenvalue weighted by Gasteiger charge is -2.18. The second-order valence-corrected chi connectivity index (χ2v) is 5.97. The summed E-state index contributed by atoms with van der Waals surface area (Å²) in [5, 5.41) is 6.33. The highest BCUT2D eigenvalue weighted by atomic mass is 16.2. The van der Waals surface area contributed by atoms with Crippen molar-refractivity contribution in [3.05, 3.63) is 65.7 Å². The number of carbonyl (C=O) groups excluding carboxylic acids is 1. The van der Waals surface area contributed by atoms with Crippen LogP contribution >= 0.6 is 0 Å². The molecular weight excluding hydrogens is 284 g/mol. The van der Waals surface area contributed by atoms with Gasteiger partial charge in [-0.2, -0.15) is 0 Å². The zero-order chi connectivity index (χ0) is 16.7. The molecule has 122 valence electrons. The standard InChI is InChI=1S/C20H26N2O/c1-4-15(2)18-12-8-9-13-19(18)22-20(23)16(3)21-14-17-10-6-5-7-11-17/h5-13,15-16,21H,4,14H2,1-3H3,(H,22,23)/t15-,16-/m1/s1. The summed E-state index contributed by atoms with van der Waals surface area (Å²) >= 11 is 0. The summed E-state index contributed by atoms with van der Waals surface area (Å²) in [6, 6.07) is 17.9. The third-order valence-electron chi connectivity index (χ3n) is 4.21. The van der Waals surface area contributed by atoms with E-state index in [0.717, 1.165) is 12.1 Å². The predicted octanol–water partition coefficient (Wildman–Crippen LogP) is 4.32. The van der Waals surface area contributed by atoms with E-state index in [1.165, 1.54) is 11.1 Å². The van der Waals surface area contributed by atoms with Crippen molar-refractivity contribution in [1.29, 1.82) is 0 Å². The maximum atomic E-state index is 12.4. The Morgan fingerprint density at radius 1 is 1.00 bits per heavy atom. The lowest BCUT2D eigenvalue weighted by molar-refractivity contribution is -0.117. The third-order valence-corrected chi connectivity index (χ3v) is 4.21. The van der Waals surface area contributed by atoms with E-state index in [0.29, 0.717) is 12.5 Å². The largest absolute Gasteiger partial charge is 0.324 e. The summed E-state index contributed by atoms with van der Waals surface area (Å²) in [6.45, 7) is 6.92. The van der Waals surface area contributed by atoms with Crippen LogP contribution in [0.5, 0.6) is 0 Å². The molecule has 0 fully saturated rings. The Morgan fingerprint density at radius 2 is 1.65 bits per heavy atom. The van der Waals surface area contributed by atoms with Crippen molar-refractivity contribution >= 4 is 11.6 Å². The van der Waals surface area contributed by atoms with E-state index in [9.17, 15) is 4.79 Å². The molecule has 2 atom stereocenters. The zero-order valence-corrected chi connectivity index (χ0v) is 14.2. The lowest BCUT2D eigenvalue weighted by Crippen LogP contribution is -2.37. The van der Waals surface area contributed by atoms with Crippen molar-refractivity contribution in [2.45, 2.75) is 45.7 Å². The lowest BCUT2D eigenvalue weighted by atomic mass is 9.97. The summed E-state index contributed by atoms with van der Waals surface area (Å²) < 4.78 is 0. The van der Waals surface area contributed by atoms with Gasteiger partial charge in [0, 0.05) is 12.2 Å².